The first kappa shape index (κ1) is 17.0. The Labute approximate surface area is 145 Å². The van der Waals surface area contributed by atoms with Crippen molar-refractivity contribution >= 4 is 10.8 Å². The number of benzene rings is 1. The number of aryl methyl sites for hydroxylation is 1. The topological polar surface area (TPSA) is 79.4 Å². The summed E-state index contributed by atoms with van der Waals surface area (Å²) in [4.78, 5) is 16.5. The molecule has 3 aromatic rings. The minimum atomic E-state index is -0.0856. The van der Waals surface area contributed by atoms with Gasteiger partial charge in [0.15, 0.2) is 0 Å². The Morgan fingerprint density at radius 1 is 1.12 bits per heavy atom. The zero-order valence-corrected chi connectivity index (χ0v) is 14.6. The number of rotatable bonds is 5. The van der Waals surface area contributed by atoms with E-state index in [0.717, 1.165) is 27.8 Å². The van der Waals surface area contributed by atoms with Gasteiger partial charge in [-0.15, -0.1) is 0 Å². The van der Waals surface area contributed by atoms with Crippen LogP contribution in [0.4, 0.5) is 0 Å². The summed E-state index contributed by atoms with van der Waals surface area (Å²) >= 11 is 0. The summed E-state index contributed by atoms with van der Waals surface area (Å²) in [6, 6.07) is 5.72. The minimum absolute atomic E-state index is 0.0856. The second kappa shape index (κ2) is 6.94. The molecule has 3 rings (SSSR count). The van der Waals surface area contributed by atoms with Crippen molar-refractivity contribution in [1.82, 2.24) is 9.55 Å². The van der Waals surface area contributed by atoms with Gasteiger partial charge < -0.3 is 19.8 Å². The largest absolute Gasteiger partial charge is 0.496 e. The monoisotopic (exact) mass is 339 g/mol. The number of hydrogen-bond acceptors (Lipinski definition) is 5. The number of ether oxygens (including phenoxy) is 2. The summed E-state index contributed by atoms with van der Waals surface area (Å²) < 4.78 is 12.7. The second-order valence-electron chi connectivity index (χ2n) is 5.78. The van der Waals surface area contributed by atoms with Crippen LogP contribution in [0.1, 0.15) is 5.56 Å². The Balaban J connectivity index is 2.35. The number of nitrogens with two attached hydrogens (primary N) is 1. The molecular formula is C19H21N3O3. The van der Waals surface area contributed by atoms with Crippen molar-refractivity contribution in [3.05, 3.63) is 52.7 Å². The summed E-state index contributed by atoms with van der Waals surface area (Å²) in [5.74, 6) is 1.46. The van der Waals surface area contributed by atoms with Crippen molar-refractivity contribution < 1.29 is 9.47 Å². The van der Waals surface area contributed by atoms with Crippen LogP contribution in [0.5, 0.6) is 11.5 Å². The summed E-state index contributed by atoms with van der Waals surface area (Å²) in [5.41, 5.74) is 8.33. The molecule has 0 amide bonds. The number of fused-ring (bicyclic) bond motifs is 1. The van der Waals surface area contributed by atoms with Gasteiger partial charge >= 0.3 is 0 Å². The Bertz CT molecular complexity index is 980. The van der Waals surface area contributed by atoms with Crippen molar-refractivity contribution in [1.29, 1.82) is 0 Å². The molecule has 2 heterocycles. The van der Waals surface area contributed by atoms with E-state index in [1.807, 2.05) is 24.4 Å². The maximum absolute atomic E-state index is 12.4. The predicted molar refractivity (Wildman–Crippen MR) is 98.3 cm³/mol. The third kappa shape index (κ3) is 2.96. The average Bonchev–Trinajstić information content (AvgIpc) is 2.64. The van der Waals surface area contributed by atoms with E-state index in [-0.39, 0.29) is 5.56 Å². The molecule has 2 aromatic heterocycles. The lowest BCUT2D eigenvalue weighted by Gasteiger charge is -2.16. The SMILES string of the molecule is COc1cc(-c2cn(C)c(=O)c3cnccc23)c(OC)cc1CCN. The van der Waals surface area contributed by atoms with Gasteiger partial charge in [-0.1, -0.05) is 0 Å². The zero-order chi connectivity index (χ0) is 18.0. The van der Waals surface area contributed by atoms with E-state index in [9.17, 15) is 4.79 Å². The fourth-order valence-corrected chi connectivity index (χ4v) is 3.05. The molecule has 6 nitrogen and oxygen atoms in total. The van der Waals surface area contributed by atoms with E-state index in [0.29, 0.717) is 24.1 Å². The highest BCUT2D eigenvalue weighted by Crippen LogP contribution is 2.38. The number of hydrogen-bond donors (Lipinski definition) is 1. The molecule has 0 aliphatic heterocycles. The van der Waals surface area contributed by atoms with E-state index in [2.05, 4.69) is 4.98 Å². The van der Waals surface area contributed by atoms with Crippen molar-refractivity contribution in [2.24, 2.45) is 12.8 Å². The van der Waals surface area contributed by atoms with Crippen LogP contribution in [-0.4, -0.2) is 30.3 Å². The van der Waals surface area contributed by atoms with Gasteiger partial charge in [0.1, 0.15) is 11.5 Å². The van der Waals surface area contributed by atoms with Crippen molar-refractivity contribution in [2.75, 3.05) is 20.8 Å². The number of nitrogens with zero attached hydrogens (tertiary/aromatic N) is 2. The average molecular weight is 339 g/mol. The van der Waals surface area contributed by atoms with Crippen LogP contribution < -0.4 is 20.8 Å². The Kier molecular flexibility index (Phi) is 4.72. The zero-order valence-electron chi connectivity index (χ0n) is 14.6. The Hall–Kier alpha value is -2.86. The smallest absolute Gasteiger partial charge is 0.259 e. The lowest BCUT2D eigenvalue weighted by atomic mass is 9.98. The normalized spacial score (nSPS) is 10.9. The van der Waals surface area contributed by atoms with Crippen LogP contribution >= 0.6 is 0 Å². The van der Waals surface area contributed by atoms with Gasteiger partial charge in [-0.05, 0) is 42.1 Å². The standard InChI is InChI=1S/C19H21N3O3/c1-22-11-16(13-5-7-21-10-15(13)19(22)23)14-9-17(24-2)12(4-6-20)8-18(14)25-3/h5,7-11H,4,6,20H2,1-3H3. The van der Waals surface area contributed by atoms with Crippen molar-refractivity contribution in [3.63, 3.8) is 0 Å². The molecule has 0 unspecified atom stereocenters. The summed E-state index contributed by atoms with van der Waals surface area (Å²) in [7, 11) is 4.99. The number of methoxy groups -OCH3 is 2. The molecular weight excluding hydrogens is 318 g/mol. The van der Waals surface area contributed by atoms with Gasteiger partial charge in [0.2, 0.25) is 0 Å². The maximum atomic E-state index is 12.4. The fourth-order valence-electron chi connectivity index (χ4n) is 3.05. The van der Waals surface area contributed by atoms with Crippen LogP contribution in [0.2, 0.25) is 0 Å². The Morgan fingerprint density at radius 2 is 1.88 bits per heavy atom. The first-order valence-electron chi connectivity index (χ1n) is 7.99. The van der Waals surface area contributed by atoms with Crippen molar-refractivity contribution in [3.8, 4) is 22.6 Å². The van der Waals surface area contributed by atoms with Gasteiger partial charge in [-0.3, -0.25) is 9.78 Å². The summed E-state index contributed by atoms with van der Waals surface area (Å²) in [5, 5.41) is 1.39. The molecule has 0 saturated heterocycles. The quantitative estimate of drug-likeness (QED) is 0.770. The second-order valence-corrected chi connectivity index (χ2v) is 5.78. The molecule has 0 fully saturated rings. The highest BCUT2D eigenvalue weighted by molar-refractivity contribution is 5.97. The Morgan fingerprint density at radius 3 is 2.56 bits per heavy atom. The first-order chi connectivity index (χ1) is 12.1. The molecule has 0 saturated carbocycles. The van der Waals surface area contributed by atoms with Crippen LogP contribution in [0.15, 0.2) is 41.6 Å². The minimum Gasteiger partial charge on any atom is -0.496 e. The van der Waals surface area contributed by atoms with E-state index >= 15 is 0 Å². The highest BCUT2D eigenvalue weighted by atomic mass is 16.5. The molecule has 0 aliphatic rings. The molecule has 6 heteroatoms. The molecule has 0 radical (unpaired) electrons. The van der Waals surface area contributed by atoms with Crippen LogP contribution in [0, 0.1) is 0 Å². The number of aromatic nitrogens is 2. The summed E-state index contributed by atoms with van der Waals surface area (Å²) in [6.07, 6.45) is 5.77. The van der Waals surface area contributed by atoms with Crippen LogP contribution in [0.3, 0.4) is 0 Å². The lowest BCUT2D eigenvalue weighted by Crippen LogP contribution is -2.16. The van der Waals surface area contributed by atoms with Gasteiger partial charge in [-0.25, -0.2) is 0 Å². The third-order valence-corrected chi connectivity index (χ3v) is 4.29. The fraction of sp³-hybridized carbons (Fsp3) is 0.263. The molecule has 0 atom stereocenters. The van der Waals surface area contributed by atoms with Crippen LogP contribution in [-0.2, 0) is 13.5 Å². The van der Waals surface area contributed by atoms with Crippen LogP contribution in [0.25, 0.3) is 21.9 Å². The van der Waals surface area contributed by atoms with E-state index in [4.69, 9.17) is 15.2 Å². The molecule has 0 bridgehead atoms. The van der Waals surface area contributed by atoms with Gasteiger partial charge in [0, 0.05) is 36.8 Å². The maximum Gasteiger partial charge on any atom is 0.259 e. The van der Waals surface area contributed by atoms with Gasteiger partial charge in [0.25, 0.3) is 5.56 Å². The van der Waals surface area contributed by atoms with Crippen molar-refractivity contribution in [2.45, 2.75) is 6.42 Å². The number of pyridine rings is 2. The highest BCUT2D eigenvalue weighted by Gasteiger charge is 2.16. The molecule has 25 heavy (non-hydrogen) atoms. The van der Waals surface area contributed by atoms with Gasteiger partial charge in [0.05, 0.1) is 19.6 Å². The van der Waals surface area contributed by atoms with E-state index < -0.39 is 0 Å². The third-order valence-electron chi connectivity index (χ3n) is 4.29. The predicted octanol–water partition coefficient (Wildman–Crippen LogP) is 2.12. The van der Waals surface area contributed by atoms with Gasteiger partial charge in [-0.2, -0.15) is 0 Å². The molecule has 2 N–H and O–H groups in total. The first-order valence-corrected chi connectivity index (χ1v) is 7.99. The van der Waals surface area contributed by atoms with E-state index in [1.165, 1.54) is 0 Å². The molecule has 1 aromatic carbocycles. The molecule has 0 spiro atoms. The van der Waals surface area contributed by atoms with E-state index in [1.54, 1.807) is 38.2 Å². The molecule has 0 aliphatic carbocycles. The molecule has 130 valence electrons. The lowest BCUT2D eigenvalue weighted by molar-refractivity contribution is 0.400. The summed E-state index contributed by atoms with van der Waals surface area (Å²) in [6.45, 7) is 0.521.